The molecule has 0 spiro atoms. The number of nitrogens with zero attached hydrogens (tertiary/aromatic N) is 6. The molecule has 0 amide bonds. The molecule has 0 atom stereocenters. The number of oxime groups is 1. The Morgan fingerprint density at radius 2 is 0.769 bits per heavy atom. The van der Waals surface area contributed by atoms with Crippen molar-refractivity contribution in [2.24, 2.45) is 16.8 Å². The van der Waals surface area contributed by atoms with Crippen LogP contribution in [-0.2, 0) is 91.6 Å². The van der Waals surface area contributed by atoms with Crippen molar-refractivity contribution >= 4 is 52.3 Å². The molecule has 7 N–H and O–H groups in total. The van der Waals surface area contributed by atoms with Gasteiger partial charge in [0.05, 0.1) is 113 Å². The summed E-state index contributed by atoms with van der Waals surface area (Å²) in [6.07, 6.45) is -9.11. The number of ether oxygens (including phenoxy) is 8. The van der Waals surface area contributed by atoms with Gasteiger partial charge < -0.3 is 60.6 Å². The number of alkyl halides is 9. The van der Waals surface area contributed by atoms with Crippen molar-refractivity contribution in [3.63, 3.8) is 0 Å². The Bertz CT molecular complexity index is 5230. The number of benzene rings is 9. The van der Waals surface area contributed by atoms with E-state index in [9.17, 15) is 54.3 Å². The standard InChI is InChI=1S/C29H28F3N3O4S.C29H25F3N2O3S.C21H20F3NO2S.C8H6FNO.ClH.H3NO.Na.H/c1-37-25-16-22(13-14-23(25)27(33)35-36)39-18-26-24(8-5-15-38-17-19-6-3-2-4-7-19)34-28(40-26)20-9-11-21(12-10-20)29(30,31)32;1-35-26-16-24(14-11-22(26)17-33)37-19-27-25(8-5-15-36-18-20-6-3-2-4-7-20)34-28(38-27)21-9-12-23(13-10-21)29(30,31)32;22-21(23,24)17-10-8-16(9-11-17)20-25-18(19(13-26)28-20)7-4-12-27-14-15-5-2-1-3-6-15;1-11-8-4-7(9)3-2-6(8)5-10;;1-2;;/h2-4,6-7,9-14,16,36H,5,8,15,17-18H2,1H3,(H2,33,35);2-4,6-7,9-14,16H,5,8,15,18-19H2,1H3;1-3,5-6,8-11,26H,4,7,12-14H2;2-4H,1H3;1H;2H,1H2;;/q;;;;;;+1;-1. The summed E-state index contributed by atoms with van der Waals surface area (Å²) in [6, 6.07) is 62.1. The van der Waals surface area contributed by atoms with Gasteiger partial charge in [0.25, 0.3) is 0 Å². The van der Waals surface area contributed by atoms with E-state index in [0.717, 1.165) is 97.6 Å². The number of hydrogen-bond acceptors (Lipinski definition) is 21. The van der Waals surface area contributed by atoms with Crippen LogP contribution >= 0.6 is 46.4 Å². The average Bonchev–Trinajstić information content (AvgIpc) is 1.67. The average molecular weight is 1760 g/mol. The van der Waals surface area contributed by atoms with Gasteiger partial charge in [0, 0.05) is 54.7 Å². The summed E-state index contributed by atoms with van der Waals surface area (Å²) < 4.78 is 173. The van der Waals surface area contributed by atoms with Gasteiger partial charge in [0.2, 0.25) is 0 Å². The van der Waals surface area contributed by atoms with Crippen LogP contribution in [0.1, 0.15) is 102 Å². The van der Waals surface area contributed by atoms with Gasteiger partial charge in [-0.25, -0.2) is 25.2 Å². The molecule has 34 heteroatoms. The van der Waals surface area contributed by atoms with E-state index < -0.39 is 41.0 Å². The maximum Gasteiger partial charge on any atom is 1.00 e. The first-order chi connectivity index (χ1) is 57.4. The Morgan fingerprint density at radius 3 is 1.10 bits per heavy atom. The van der Waals surface area contributed by atoms with E-state index >= 15 is 0 Å². The minimum absolute atomic E-state index is 0. The quantitative estimate of drug-likeness (QED) is 0.00498. The number of aliphatic hydroxyl groups excluding tert-OH is 1. The molecule has 12 rings (SSSR count). The molecule has 0 fully saturated rings. The molecule has 0 aliphatic rings. The van der Waals surface area contributed by atoms with Crippen molar-refractivity contribution in [2.45, 2.75) is 96.7 Å². The van der Waals surface area contributed by atoms with E-state index in [1.54, 1.807) is 36.4 Å². The van der Waals surface area contributed by atoms with Crippen molar-refractivity contribution in [3.05, 3.63) is 306 Å². The smallest absolute Gasteiger partial charge is 1.00 e. The van der Waals surface area contributed by atoms with Crippen molar-refractivity contribution in [1.82, 2.24) is 15.0 Å². The second-order valence-corrected chi connectivity index (χ2v) is 28.6. The van der Waals surface area contributed by atoms with Gasteiger partial charge in [0.15, 0.2) is 5.84 Å². The Labute approximate surface area is 734 Å². The summed E-state index contributed by atoms with van der Waals surface area (Å²) in [4.78, 5) is 16.4. The number of hydrogen-bond donors (Lipinski definition) is 5. The van der Waals surface area contributed by atoms with E-state index in [-0.39, 0.29) is 74.8 Å². The Morgan fingerprint density at radius 1 is 0.446 bits per heavy atom. The zero-order valence-corrected chi connectivity index (χ0v) is 71.0. The van der Waals surface area contributed by atoms with Gasteiger partial charge in [0.1, 0.15) is 74.9 Å². The Kier molecular flexibility index (Phi) is 41.6. The zero-order chi connectivity index (χ0) is 85.7. The van der Waals surface area contributed by atoms with Crippen LogP contribution in [0.5, 0.6) is 28.7 Å². The second kappa shape index (κ2) is 50.6. The van der Waals surface area contributed by atoms with Gasteiger partial charge in [-0.15, -0.1) is 46.4 Å². The molecule has 0 bridgehead atoms. The van der Waals surface area contributed by atoms with Gasteiger partial charge in [-0.2, -0.15) is 50.0 Å². The second-order valence-electron chi connectivity index (χ2n) is 25.3. The molecule has 9 aromatic carbocycles. The van der Waals surface area contributed by atoms with Gasteiger partial charge >= 0.3 is 48.1 Å². The van der Waals surface area contributed by atoms with Crippen LogP contribution in [-0.4, -0.2) is 77.5 Å². The zero-order valence-electron chi connectivity index (χ0n) is 66.7. The van der Waals surface area contributed by atoms with E-state index in [2.05, 4.69) is 22.1 Å². The van der Waals surface area contributed by atoms with Crippen LogP contribution in [0.15, 0.2) is 224 Å². The molecule has 0 saturated carbocycles. The number of nitriles is 2. The van der Waals surface area contributed by atoms with E-state index in [4.69, 9.17) is 69.3 Å². The van der Waals surface area contributed by atoms with Crippen LogP contribution in [0, 0.1) is 28.5 Å². The molecule has 0 radical (unpaired) electrons. The number of rotatable bonds is 32. The number of aryl methyl sites for hydroxylation is 3. The predicted molar refractivity (Wildman–Crippen MR) is 441 cm³/mol. The SMILES string of the molecule is COc1cc(F)ccc1C#N.COc1cc(OCc2sc(-c3ccc(C(F)(F)F)cc3)nc2CCCOCc2ccccc2)ccc1C#N.COc1cc(OCc2sc(-c3ccc(C(F)(F)F)cc3)nc2CCCOCc2ccccc2)ccc1C(N)=NO.Cl.NO.OCc1sc(-c2ccc(C(F)(F)F)cc2)nc1CCCOCc1ccccc1.[H-].[Na+]. The maximum atomic E-state index is 13.0. The third-order valence-electron chi connectivity index (χ3n) is 17.2. The van der Waals surface area contributed by atoms with Crippen LogP contribution in [0.4, 0.5) is 43.9 Å². The first-order valence-electron chi connectivity index (χ1n) is 36.3. The fourth-order valence-corrected chi connectivity index (χ4v) is 14.1. The number of nitrogens with two attached hydrogens (primary N) is 2. The Hall–Kier alpha value is -10.5. The maximum absolute atomic E-state index is 13.0. The van der Waals surface area contributed by atoms with E-state index in [0.29, 0.717) is 137 Å². The molecule has 0 aliphatic heterocycles. The van der Waals surface area contributed by atoms with Gasteiger partial charge in [-0.05, 0) is 128 Å². The number of aliphatic hydroxyl groups is 1. The summed E-state index contributed by atoms with van der Waals surface area (Å²) in [5.41, 5.74) is 12.2. The summed E-state index contributed by atoms with van der Waals surface area (Å²) in [7, 11) is 4.35. The minimum atomic E-state index is -4.41. The molecule has 3 aromatic heterocycles. The van der Waals surface area contributed by atoms with Crippen LogP contribution in [0.2, 0.25) is 0 Å². The number of aromatic nitrogens is 3. The molecule has 19 nitrogen and oxygen atoms in total. The molecule has 0 saturated heterocycles. The first kappa shape index (κ1) is 99.3. The van der Waals surface area contributed by atoms with Crippen molar-refractivity contribution in [3.8, 4) is 72.6 Å². The summed E-state index contributed by atoms with van der Waals surface area (Å²) in [6.45, 7) is 3.45. The summed E-state index contributed by atoms with van der Waals surface area (Å²) in [5.74, 6) is 5.08. The third kappa shape index (κ3) is 31.5. The third-order valence-corrected chi connectivity index (χ3v) is 20.5. The van der Waals surface area contributed by atoms with Crippen molar-refractivity contribution in [1.29, 1.82) is 10.5 Å². The molecular weight excluding hydrogens is 1680 g/mol. The fourth-order valence-electron chi connectivity index (χ4n) is 11.1. The van der Waals surface area contributed by atoms with Gasteiger partial charge in [-0.3, -0.25) is 0 Å². The molecule has 0 aliphatic carbocycles. The fraction of sp³-hybridized carbons (Fsp3) is 0.241. The Balaban J connectivity index is 0.000000302. The van der Waals surface area contributed by atoms with Crippen LogP contribution < -0.4 is 64.9 Å². The van der Waals surface area contributed by atoms with E-state index in [1.165, 1.54) is 110 Å². The number of amidine groups is 1. The summed E-state index contributed by atoms with van der Waals surface area (Å²) in [5, 5.41) is 47.6. The largest absolute Gasteiger partial charge is 1.00 e. The molecule has 0 unspecified atom stereocenters. The first-order valence-corrected chi connectivity index (χ1v) is 38.8. The monoisotopic (exact) mass is 1760 g/mol. The molecular formula is C87H84ClF10N8NaO11S3. The van der Waals surface area contributed by atoms with Crippen LogP contribution in [0.25, 0.3) is 31.7 Å². The summed E-state index contributed by atoms with van der Waals surface area (Å²) >= 11 is 4.05. The molecule has 12 aromatic rings. The van der Waals surface area contributed by atoms with E-state index in [1.807, 2.05) is 97.1 Å². The normalized spacial score (nSPS) is 11.0. The predicted octanol–water partition coefficient (Wildman–Crippen LogP) is 18.1. The molecule has 3 heterocycles. The van der Waals surface area contributed by atoms with Crippen molar-refractivity contribution in [2.75, 3.05) is 41.2 Å². The van der Waals surface area contributed by atoms with Crippen LogP contribution in [0.3, 0.4) is 0 Å². The molecule has 634 valence electrons. The molecule has 121 heavy (non-hydrogen) atoms. The topological polar surface area (TPSA) is 285 Å². The van der Waals surface area contributed by atoms with Crippen molar-refractivity contribution < 1.29 is 128 Å². The minimum Gasteiger partial charge on any atom is -1.00 e. The number of thiazole rings is 3. The number of methoxy groups -OCH3 is 3. The van der Waals surface area contributed by atoms with Gasteiger partial charge in [-0.1, -0.05) is 133 Å². The number of halogens is 11.